The van der Waals surface area contributed by atoms with Gasteiger partial charge in [-0.3, -0.25) is 0 Å². The minimum atomic E-state index is -0.913. The predicted molar refractivity (Wildman–Crippen MR) is 160 cm³/mol. The zero-order valence-corrected chi connectivity index (χ0v) is 22.0. The standard InChI is InChI=1S/C22H24B.C11H15S/c1-2-3-19-23(20-13-7-4-8-14-20,21-15-9-5-10-16-21)22-17-11-6-12-18-22;1-2-6-11(7-3-1)10-12-8-4-5-9-12/h4-18H,2-3,19H2,1H3;1-3,6-7H,4-5,8-10H2/q-1;+1. The molecule has 0 atom stereocenters. The van der Waals surface area contributed by atoms with E-state index in [4.69, 9.17) is 0 Å². The predicted octanol–water partition coefficient (Wildman–Crippen LogP) is 6.56. The second kappa shape index (κ2) is 13.4. The fourth-order valence-electron chi connectivity index (χ4n) is 5.60. The number of unbranched alkanes of at least 4 members (excludes halogenated alkanes) is 1. The van der Waals surface area contributed by atoms with E-state index in [2.05, 4.69) is 128 Å². The summed E-state index contributed by atoms with van der Waals surface area (Å²) in [6.45, 7) is 2.28. The summed E-state index contributed by atoms with van der Waals surface area (Å²) in [5.41, 5.74) is 5.86. The molecule has 0 spiro atoms. The van der Waals surface area contributed by atoms with Crippen molar-refractivity contribution in [2.45, 2.75) is 44.7 Å². The van der Waals surface area contributed by atoms with E-state index in [-0.39, 0.29) is 0 Å². The van der Waals surface area contributed by atoms with E-state index >= 15 is 0 Å². The molecule has 4 aromatic carbocycles. The Hall–Kier alpha value is -2.71. The van der Waals surface area contributed by atoms with Gasteiger partial charge in [0, 0.05) is 5.56 Å². The summed E-state index contributed by atoms with van der Waals surface area (Å²) >= 11 is 0. The van der Waals surface area contributed by atoms with Crippen LogP contribution in [0.15, 0.2) is 121 Å². The Morgan fingerprint density at radius 3 is 1.37 bits per heavy atom. The van der Waals surface area contributed by atoms with Gasteiger partial charge in [-0.15, -0.1) is 0 Å². The highest BCUT2D eigenvalue weighted by atomic mass is 32.2. The molecule has 180 valence electrons. The van der Waals surface area contributed by atoms with Gasteiger partial charge in [0.1, 0.15) is 17.3 Å². The molecule has 1 saturated heterocycles. The first kappa shape index (κ1) is 25.4. The largest absolute Gasteiger partial charge is 0.200 e. The average Bonchev–Trinajstić information content (AvgIpc) is 3.45. The molecule has 0 saturated carbocycles. The monoisotopic (exact) mass is 478 g/mol. The summed E-state index contributed by atoms with van der Waals surface area (Å²) < 4.78 is 0. The Bertz CT molecular complexity index is 994. The molecule has 0 radical (unpaired) electrons. The molecule has 0 amide bonds. The maximum atomic E-state index is 2.30. The number of hydrogen-bond donors (Lipinski definition) is 0. The van der Waals surface area contributed by atoms with E-state index < -0.39 is 6.15 Å². The van der Waals surface area contributed by atoms with Crippen LogP contribution in [0, 0.1) is 0 Å². The lowest BCUT2D eigenvalue weighted by Crippen LogP contribution is -2.66. The smallest absolute Gasteiger partial charge is 0.133 e. The molecule has 0 unspecified atom stereocenters. The first-order valence-corrected chi connectivity index (χ1v) is 15.1. The molecule has 0 bridgehead atoms. The Morgan fingerprint density at radius 2 is 0.971 bits per heavy atom. The Morgan fingerprint density at radius 1 is 0.571 bits per heavy atom. The number of hydrogen-bond acceptors (Lipinski definition) is 0. The van der Waals surface area contributed by atoms with Crippen LogP contribution >= 0.6 is 0 Å². The highest BCUT2D eigenvalue weighted by molar-refractivity contribution is 7.96. The van der Waals surface area contributed by atoms with Crippen LogP contribution in [0.1, 0.15) is 38.2 Å². The van der Waals surface area contributed by atoms with Crippen molar-refractivity contribution in [2.75, 3.05) is 11.5 Å². The van der Waals surface area contributed by atoms with Crippen molar-refractivity contribution in [3.05, 3.63) is 127 Å². The zero-order valence-electron chi connectivity index (χ0n) is 21.2. The van der Waals surface area contributed by atoms with E-state index in [1.54, 1.807) is 0 Å². The molecule has 1 heterocycles. The molecule has 1 aliphatic heterocycles. The summed E-state index contributed by atoms with van der Waals surface area (Å²) in [4.78, 5) is 0. The molecule has 0 aliphatic carbocycles. The third-order valence-electron chi connectivity index (χ3n) is 7.43. The summed E-state index contributed by atoms with van der Waals surface area (Å²) in [6, 6.07) is 44.1. The third-order valence-corrected chi connectivity index (χ3v) is 9.90. The van der Waals surface area contributed by atoms with Crippen LogP contribution in [0.25, 0.3) is 0 Å². The van der Waals surface area contributed by atoms with Crippen LogP contribution < -0.4 is 16.4 Å². The highest BCUT2D eigenvalue weighted by Gasteiger charge is 2.28. The van der Waals surface area contributed by atoms with Gasteiger partial charge in [-0.05, 0) is 23.7 Å². The Labute approximate surface area is 216 Å². The number of rotatable bonds is 8. The van der Waals surface area contributed by atoms with Gasteiger partial charge >= 0.3 is 0 Å². The molecule has 35 heavy (non-hydrogen) atoms. The topological polar surface area (TPSA) is 0 Å². The molecule has 4 aromatic rings. The van der Waals surface area contributed by atoms with Crippen molar-refractivity contribution in [3.63, 3.8) is 0 Å². The van der Waals surface area contributed by atoms with Gasteiger partial charge in [0.25, 0.3) is 0 Å². The summed E-state index contributed by atoms with van der Waals surface area (Å²) in [6.07, 6.45) is 5.67. The van der Waals surface area contributed by atoms with Crippen molar-refractivity contribution in [1.82, 2.24) is 0 Å². The Balaban J connectivity index is 0.000000201. The van der Waals surface area contributed by atoms with Gasteiger partial charge in [-0.25, -0.2) is 0 Å². The van der Waals surface area contributed by atoms with E-state index in [9.17, 15) is 0 Å². The summed E-state index contributed by atoms with van der Waals surface area (Å²) in [5.74, 6) is 4.30. The average molecular weight is 479 g/mol. The number of benzene rings is 4. The van der Waals surface area contributed by atoms with Gasteiger partial charge in [-0.2, -0.15) is 22.7 Å². The fourth-order valence-corrected chi connectivity index (χ4v) is 7.98. The highest BCUT2D eigenvalue weighted by Crippen LogP contribution is 2.18. The first-order valence-electron chi connectivity index (χ1n) is 13.3. The molecule has 1 fully saturated rings. The summed E-state index contributed by atoms with van der Waals surface area (Å²) in [5, 5.41) is 0. The van der Waals surface area contributed by atoms with Crippen molar-refractivity contribution in [3.8, 4) is 0 Å². The van der Waals surface area contributed by atoms with Crippen molar-refractivity contribution >= 4 is 33.4 Å². The van der Waals surface area contributed by atoms with Crippen molar-refractivity contribution in [1.29, 1.82) is 0 Å². The quantitative estimate of drug-likeness (QED) is 0.199. The minimum absolute atomic E-state index is 0.722. The molecular formula is C33H39BS. The van der Waals surface area contributed by atoms with Crippen LogP contribution in [-0.4, -0.2) is 17.7 Å². The van der Waals surface area contributed by atoms with Crippen molar-refractivity contribution < 1.29 is 0 Å². The molecule has 5 rings (SSSR count). The van der Waals surface area contributed by atoms with Gasteiger partial charge < -0.3 is 0 Å². The van der Waals surface area contributed by atoms with E-state index in [1.807, 2.05) is 0 Å². The fraction of sp³-hybridized carbons (Fsp3) is 0.273. The lowest BCUT2D eigenvalue weighted by molar-refractivity contribution is 0.874. The lowest BCUT2D eigenvalue weighted by atomic mass is 9.14. The van der Waals surface area contributed by atoms with E-state index in [1.165, 1.54) is 71.2 Å². The maximum Gasteiger partial charge on any atom is 0.133 e. The molecule has 0 N–H and O–H groups in total. The van der Waals surface area contributed by atoms with Crippen LogP contribution in [0.4, 0.5) is 0 Å². The SMILES string of the molecule is CCCC[B-](c1ccccc1)(c1ccccc1)c1ccccc1.c1ccc(C[S+]2CCCC2)cc1. The van der Waals surface area contributed by atoms with Crippen molar-refractivity contribution in [2.24, 2.45) is 0 Å². The van der Waals surface area contributed by atoms with E-state index in [0.29, 0.717) is 0 Å². The van der Waals surface area contributed by atoms with Gasteiger partial charge in [0.15, 0.2) is 0 Å². The first-order chi connectivity index (χ1) is 17.3. The van der Waals surface area contributed by atoms with Crippen LogP contribution in [0.5, 0.6) is 0 Å². The second-order valence-corrected chi connectivity index (χ2v) is 12.1. The third kappa shape index (κ3) is 6.70. The molecule has 1 aliphatic rings. The summed E-state index contributed by atoms with van der Waals surface area (Å²) in [7, 11) is 0.722. The van der Waals surface area contributed by atoms with Crippen LogP contribution in [0.3, 0.4) is 0 Å². The van der Waals surface area contributed by atoms with Crippen LogP contribution in [-0.2, 0) is 16.6 Å². The molecular weight excluding hydrogens is 439 g/mol. The lowest BCUT2D eigenvalue weighted by Gasteiger charge is -2.43. The van der Waals surface area contributed by atoms with Crippen LogP contribution in [0.2, 0.25) is 6.32 Å². The molecule has 0 nitrogen and oxygen atoms in total. The maximum absolute atomic E-state index is 2.30. The normalized spacial score (nSPS) is 13.7. The molecule has 0 aromatic heterocycles. The Kier molecular flexibility index (Phi) is 9.72. The van der Waals surface area contributed by atoms with E-state index in [0.717, 1.165) is 10.9 Å². The van der Waals surface area contributed by atoms with Gasteiger partial charge in [0.2, 0.25) is 0 Å². The zero-order chi connectivity index (χ0) is 24.2. The van der Waals surface area contributed by atoms with Gasteiger partial charge in [0.05, 0.1) is 6.15 Å². The van der Waals surface area contributed by atoms with Gasteiger partial charge in [-0.1, -0.05) is 141 Å². The molecule has 2 heteroatoms. The second-order valence-electron chi connectivity index (χ2n) is 9.78. The minimum Gasteiger partial charge on any atom is -0.200 e.